The predicted octanol–water partition coefficient (Wildman–Crippen LogP) is 2.94. The number of hydrogen-bond acceptors (Lipinski definition) is 6. The van der Waals surface area contributed by atoms with Gasteiger partial charge in [0.1, 0.15) is 17.4 Å². The number of hydrogen-bond donors (Lipinski definition) is 2. The summed E-state index contributed by atoms with van der Waals surface area (Å²) in [6.45, 7) is 16.2. The van der Waals surface area contributed by atoms with Crippen LogP contribution in [0.2, 0.25) is 0 Å². The van der Waals surface area contributed by atoms with E-state index in [1.807, 2.05) is 27.0 Å². The Hall–Kier alpha value is -2.74. The van der Waals surface area contributed by atoms with Crippen molar-refractivity contribution in [3.05, 3.63) is 35.4 Å². The van der Waals surface area contributed by atoms with E-state index in [0.29, 0.717) is 11.7 Å². The summed E-state index contributed by atoms with van der Waals surface area (Å²) in [6.07, 6.45) is 3.76. The van der Waals surface area contributed by atoms with Crippen LogP contribution in [0.15, 0.2) is 39.7 Å². The van der Waals surface area contributed by atoms with Gasteiger partial charge in [0, 0.05) is 52.2 Å². The molecule has 1 aromatic heterocycles. The highest BCUT2D eigenvalue weighted by Crippen LogP contribution is 2.22. The monoisotopic (exact) mass is 441 g/mol. The molecule has 176 valence electrons. The maximum atomic E-state index is 11.7. The Morgan fingerprint density at radius 1 is 1.19 bits per heavy atom. The average Bonchev–Trinajstić information content (AvgIpc) is 2.83. The number of carbonyl (C=O) groups excluding carboxylic acids is 1. The summed E-state index contributed by atoms with van der Waals surface area (Å²) in [6, 6.07) is 4.18. The van der Waals surface area contributed by atoms with Gasteiger partial charge in [-0.3, -0.25) is 9.69 Å². The van der Waals surface area contributed by atoms with Crippen molar-refractivity contribution in [2.24, 2.45) is 15.9 Å². The first kappa shape index (κ1) is 25.5. The molecule has 1 fully saturated rings. The summed E-state index contributed by atoms with van der Waals surface area (Å²) in [4.78, 5) is 29.9. The topological polar surface area (TPSA) is 85.2 Å². The summed E-state index contributed by atoms with van der Waals surface area (Å²) in [5.41, 5.74) is 2.63. The molecular formula is C24H39N7O. The molecule has 1 aliphatic heterocycles. The second kappa shape index (κ2) is 12.3. The number of anilines is 1. The minimum Gasteiger partial charge on any atom is -0.373 e. The minimum atomic E-state index is -0.163. The molecule has 32 heavy (non-hydrogen) atoms. The van der Waals surface area contributed by atoms with E-state index in [2.05, 4.69) is 51.0 Å². The van der Waals surface area contributed by atoms with Crippen LogP contribution < -0.4 is 15.5 Å². The average molecular weight is 442 g/mol. The zero-order valence-electron chi connectivity index (χ0n) is 20.5. The lowest BCUT2D eigenvalue weighted by Crippen LogP contribution is -2.50. The SMILES string of the molecule is C=N/C(=N\C(NC)=C(C)C)C(CC)CC(C)N1CCN(c2ccc(C(=O)NC)nc2)CC1. The number of aliphatic imine (C=N–C) groups is 2. The summed E-state index contributed by atoms with van der Waals surface area (Å²) in [5.74, 6) is 1.78. The van der Waals surface area contributed by atoms with Crippen LogP contribution in [-0.4, -0.2) is 74.7 Å². The smallest absolute Gasteiger partial charge is 0.269 e. The maximum absolute atomic E-state index is 11.7. The maximum Gasteiger partial charge on any atom is 0.269 e. The first-order valence-electron chi connectivity index (χ1n) is 11.4. The fourth-order valence-electron chi connectivity index (χ4n) is 4.06. The number of amides is 1. The lowest BCUT2D eigenvalue weighted by atomic mass is 9.95. The van der Waals surface area contributed by atoms with E-state index in [4.69, 9.17) is 4.99 Å². The molecule has 2 atom stereocenters. The molecule has 1 aliphatic rings. The van der Waals surface area contributed by atoms with Gasteiger partial charge in [-0.2, -0.15) is 0 Å². The number of allylic oxidation sites excluding steroid dienone is 1. The largest absolute Gasteiger partial charge is 0.373 e. The molecule has 0 saturated carbocycles. The van der Waals surface area contributed by atoms with Gasteiger partial charge in [-0.1, -0.05) is 6.92 Å². The molecule has 0 aromatic carbocycles. The lowest BCUT2D eigenvalue weighted by Gasteiger charge is -2.39. The van der Waals surface area contributed by atoms with Gasteiger partial charge in [0.15, 0.2) is 0 Å². The number of rotatable bonds is 9. The van der Waals surface area contributed by atoms with Gasteiger partial charge in [-0.25, -0.2) is 15.0 Å². The Morgan fingerprint density at radius 2 is 1.88 bits per heavy atom. The van der Waals surface area contributed by atoms with Crippen LogP contribution in [0.3, 0.4) is 0 Å². The quantitative estimate of drug-likeness (QED) is 0.455. The highest BCUT2D eigenvalue weighted by atomic mass is 16.1. The highest BCUT2D eigenvalue weighted by molar-refractivity contribution is 5.92. The normalized spacial score (nSPS) is 16.8. The van der Waals surface area contributed by atoms with Crippen molar-refractivity contribution in [3.63, 3.8) is 0 Å². The van der Waals surface area contributed by atoms with E-state index in [1.165, 1.54) is 0 Å². The molecule has 1 saturated heterocycles. The van der Waals surface area contributed by atoms with Crippen LogP contribution in [0.5, 0.6) is 0 Å². The van der Waals surface area contributed by atoms with Crippen LogP contribution >= 0.6 is 0 Å². The van der Waals surface area contributed by atoms with Crippen molar-refractivity contribution in [2.75, 3.05) is 45.2 Å². The van der Waals surface area contributed by atoms with Crippen LogP contribution in [0.25, 0.3) is 0 Å². The van der Waals surface area contributed by atoms with Gasteiger partial charge in [-0.05, 0) is 58.0 Å². The van der Waals surface area contributed by atoms with Crippen LogP contribution in [0.1, 0.15) is 51.0 Å². The number of nitrogens with one attached hydrogen (secondary N) is 2. The van der Waals surface area contributed by atoms with E-state index in [-0.39, 0.29) is 11.8 Å². The molecule has 2 N–H and O–H groups in total. The van der Waals surface area contributed by atoms with Gasteiger partial charge >= 0.3 is 0 Å². The van der Waals surface area contributed by atoms with Crippen molar-refractivity contribution >= 4 is 24.1 Å². The molecule has 2 heterocycles. The van der Waals surface area contributed by atoms with Crippen molar-refractivity contribution in [3.8, 4) is 0 Å². The van der Waals surface area contributed by atoms with E-state index >= 15 is 0 Å². The second-order valence-corrected chi connectivity index (χ2v) is 8.42. The Bertz CT molecular complexity index is 819. The Kier molecular flexibility index (Phi) is 9.84. The molecule has 2 unspecified atom stereocenters. The molecule has 8 heteroatoms. The van der Waals surface area contributed by atoms with Gasteiger partial charge < -0.3 is 15.5 Å². The number of aromatic nitrogens is 1. The Balaban J connectivity index is 1.98. The molecule has 1 amide bonds. The number of pyridine rings is 1. The Morgan fingerprint density at radius 3 is 2.34 bits per heavy atom. The molecular weight excluding hydrogens is 402 g/mol. The van der Waals surface area contributed by atoms with Crippen molar-refractivity contribution in [1.82, 2.24) is 20.5 Å². The molecule has 0 radical (unpaired) electrons. The minimum absolute atomic E-state index is 0.163. The van der Waals surface area contributed by atoms with Crippen LogP contribution in [0.4, 0.5) is 5.69 Å². The van der Waals surface area contributed by atoms with Crippen molar-refractivity contribution < 1.29 is 4.79 Å². The van der Waals surface area contributed by atoms with Gasteiger partial charge in [0.05, 0.1) is 11.9 Å². The molecule has 1 aromatic rings. The highest BCUT2D eigenvalue weighted by Gasteiger charge is 2.25. The molecule has 0 spiro atoms. The number of carbonyl (C=O) groups is 1. The number of piperazine rings is 1. The van der Waals surface area contributed by atoms with Gasteiger partial charge in [0.25, 0.3) is 5.91 Å². The number of nitrogens with zero attached hydrogens (tertiary/aromatic N) is 5. The van der Waals surface area contributed by atoms with Crippen molar-refractivity contribution in [2.45, 2.75) is 46.6 Å². The van der Waals surface area contributed by atoms with Gasteiger partial charge in [-0.15, -0.1) is 0 Å². The predicted molar refractivity (Wildman–Crippen MR) is 134 cm³/mol. The first-order valence-corrected chi connectivity index (χ1v) is 11.4. The third-order valence-corrected chi connectivity index (χ3v) is 6.09. The fraction of sp³-hybridized carbons (Fsp3) is 0.583. The summed E-state index contributed by atoms with van der Waals surface area (Å²) in [7, 11) is 3.50. The van der Waals surface area contributed by atoms with E-state index in [9.17, 15) is 4.79 Å². The molecule has 0 bridgehead atoms. The second-order valence-electron chi connectivity index (χ2n) is 8.42. The van der Waals surface area contributed by atoms with E-state index in [0.717, 1.165) is 61.9 Å². The first-order chi connectivity index (χ1) is 15.3. The zero-order chi connectivity index (χ0) is 23.7. The van der Waals surface area contributed by atoms with E-state index in [1.54, 1.807) is 19.3 Å². The number of amidine groups is 1. The third kappa shape index (κ3) is 6.63. The summed E-state index contributed by atoms with van der Waals surface area (Å²) in [5, 5.41) is 5.76. The summed E-state index contributed by atoms with van der Waals surface area (Å²) < 4.78 is 0. The standard InChI is InChI=1S/C24H39N7O/c1-8-19(23(26-6)29-22(25-5)17(2)3)15-18(4)30-11-13-31(14-12-30)20-9-10-21(28-16-20)24(32)27-7/h9-10,16,18-19,25H,6,8,11-15H2,1-5,7H3,(H,27,32)/b29-23-. The lowest BCUT2D eigenvalue weighted by molar-refractivity contribution is 0.0958. The molecule has 2 rings (SSSR count). The van der Waals surface area contributed by atoms with Crippen LogP contribution in [-0.2, 0) is 0 Å². The molecule has 0 aliphatic carbocycles. The van der Waals surface area contributed by atoms with Gasteiger partial charge in [0.2, 0.25) is 0 Å². The Labute approximate surface area is 192 Å². The molecule has 8 nitrogen and oxygen atoms in total. The van der Waals surface area contributed by atoms with E-state index < -0.39 is 0 Å². The zero-order valence-corrected chi connectivity index (χ0v) is 20.5. The van der Waals surface area contributed by atoms with Crippen molar-refractivity contribution in [1.29, 1.82) is 0 Å². The third-order valence-electron chi connectivity index (χ3n) is 6.09. The summed E-state index contributed by atoms with van der Waals surface area (Å²) >= 11 is 0. The van der Waals surface area contributed by atoms with Crippen LogP contribution in [0, 0.1) is 5.92 Å². The fourth-order valence-corrected chi connectivity index (χ4v) is 4.06.